The number of hydrogen-bond acceptors (Lipinski definition) is 3. The van der Waals surface area contributed by atoms with E-state index in [-0.39, 0.29) is 0 Å². The van der Waals surface area contributed by atoms with Crippen molar-refractivity contribution in [3.63, 3.8) is 0 Å². The summed E-state index contributed by atoms with van der Waals surface area (Å²) >= 11 is 1.91. The van der Waals surface area contributed by atoms with Crippen LogP contribution in [-0.2, 0) is 0 Å². The average molecular weight is 267 g/mol. The largest absolute Gasteiger partial charge is 0.396 e. The van der Waals surface area contributed by atoms with E-state index in [0.717, 1.165) is 24.5 Å². The number of hydrogen-bond donors (Lipinski definition) is 2. The first-order chi connectivity index (χ1) is 8.88. The number of aliphatic hydroxyl groups excluding tert-OH is 1. The van der Waals surface area contributed by atoms with Gasteiger partial charge >= 0.3 is 0 Å². The molecule has 0 amide bonds. The predicted octanol–water partition coefficient (Wildman–Crippen LogP) is 3.23. The smallest absolute Gasteiger partial charge is 0.0438 e. The Hall–Kier alpha value is -0.510. The molecule has 0 aromatic heterocycles. The minimum atomic E-state index is 0.308. The van der Waals surface area contributed by atoms with Crippen molar-refractivity contribution >= 4 is 11.8 Å². The SMILES string of the molecule is CCCC(NCCSCCCO)c1ccccc1. The van der Waals surface area contributed by atoms with Crippen LogP contribution in [0.5, 0.6) is 0 Å². The Labute approximate surface area is 115 Å². The van der Waals surface area contributed by atoms with Gasteiger partial charge in [-0.1, -0.05) is 43.7 Å². The Balaban J connectivity index is 2.26. The number of thioether (sulfide) groups is 1. The van der Waals surface area contributed by atoms with Crippen LogP contribution >= 0.6 is 11.8 Å². The van der Waals surface area contributed by atoms with Gasteiger partial charge in [0.25, 0.3) is 0 Å². The van der Waals surface area contributed by atoms with Crippen LogP contribution in [-0.4, -0.2) is 29.8 Å². The van der Waals surface area contributed by atoms with Crippen LogP contribution in [0.25, 0.3) is 0 Å². The van der Waals surface area contributed by atoms with Gasteiger partial charge in [-0.05, 0) is 24.2 Å². The molecule has 3 heteroatoms. The van der Waals surface area contributed by atoms with Crippen molar-refractivity contribution < 1.29 is 5.11 Å². The normalized spacial score (nSPS) is 12.6. The van der Waals surface area contributed by atoms with E-state index in [9.17, 15) is 0 Å². The summed E-state index contributed by atoms with van der Waals surface area (Å²) in [4.78, 5) is 0. The maximum Gasteiger partial charge on any atom is 0.0438 e. The summed E-state index contributed by atoms with van der Waals surface area (Å²) in [5.74, 6) is 2.18. The predicted molar refractivity (Wildman–Crippen MR) is 81.1 cm³/mol. The fraction of sp³-hybridized carbons (Fsp3) is 0.600. The van der Waals surface area contributed by atoms with E-state index >= 15 is 0 Å². The highest BCUT2D eigenvalue weighted by molar-refractivity contribution is 7.99. The third-order valence-electron chi connectivity index (χ3n) is 2.86. The van der Waals surface area contributed by atoms with Gasteiger partial charge in [0.15, 0.2) is 0 Å². The summed E-state index contributed by atoms with van der Waals surface area (Å²) in [6, 6.07) is 11.2. The molecule has 1 rings (SSSR count). The molecule has 1 atom stereocenters. The molecular formula is C15H25NOS. The van der Waals surface area contributed by atoms with Gasteiger partial charge in [-0.25, -0.2) is 0 Å². The summed E-state index contributed by atoms with van der Waals surface area (Å²) in [7, 11) is 0. The third kappa shape index (κ3) is 6.43. The summed E-state index contributed by atoms with van der Waals surface area (Å²) in [6.45, 7) is 3.58. The summed E-state index contributed by atoms with van der Waals surface area (Å²) in [5.41, 5.74) is 1.39. The standard InChI is InChI=1S/C15H25NOS/c1-2-7-15(14-8-4-3-5-9-14)16-10-13-18-12-6-11-17/h3-5,8-9,15-17H,2,6-7,10-13H2,1H3. The molecule has 1 unspecified atom stereocenters. The lowest BCUT2D eigenvalue weighted by Gasteiger charge is -2.18. The molecule has 0 saturated heterocycles. The second-order valence-corrected chi connectivity index (χ2v) is 5.62. The Morgan fingerprint density at radius 3 is 2.67 bits per heavy atom. The highest BCUT2D eigenvalue weighted by Gasteiger charge is 2.08. The van der Waals surface area contributed by atoms with Gasteiger partial charge in [0.05, 0.1) is 0 Å². The van der Waals surface area contributed by atoms with E-state index in [2.05, 4.69) is 42.6 Å². The highest BCUT2D eigenvalue weighted by atomic mass is 32.2. The number of benzene rings is 1. The van der Waals surface area contributed by atoms with Crippen molar-refractivity contribution in [1.29, 1.82) is 0 Å². The second-order valence-electron chi connectivity index (χ2n) is 4.40. The van der Waals surface area contributed by atoms with Crippen molar-refractivity contribution in [3.05, 3.63) is 35.9 Å². The topological polar surface area (TPSA) is 32.3 Å². The first-order valence-corrected chi connectivity index (χ1v) is 8.01. The molecule has 102 valence electrons. The van der Waals surface area contributed by atoms with E-state index in [1.54, 1.807) is 0 Å². The molecule has 0 fully saturated rings. The summed E-state index contributed by atoms with van der Waals surface area (Å²) < 4.78 is 0. The molecule has 0 bridgehead atoms. The van der Waals surface area contributed by atoms with E-state index in [4.69, 9.17) is 5.11 Å². The van der Waals surface area contributed by atoms with E-state index in [0.29, 0.717) is 12.6 Å². The lowest BCUT2D eigenvalue weighted by molar-refractivity contribution is 0.296. The van der Waals surface area contributed by atoms with Crippen LogP contribution in [0.3, 0.4) is 0 Å². The number of nitrogens with one attached hydrogen (secondary N) is 1. The molecule has 0 heterocycles. The first-order valence-electron chi connectivity index (χ1n) is 6.85. The lowest BCUT2D eigenvalue weighted by Crippen LogP contribution is -2.23. The molecule has 2 N–H and O–H groups in total. The maximum absolute atomic E-state index is 8.70. The van der Waals surface area contributed by atoms with Crippen molar-refractivity contribution in [2.24, 2.45) is 0 Å². The zero-order valence-corrected chi connectivity index (χ0v) is 12.1. The van der Waals surface area contributed by atoms with Gasteiger partial charge in [-0.15, -0.1) is 0 Å². The van der Waals surface area contributed by atoms with Crippen molar-refractivity contribution in [3.8, 4) is 0 Å². The molecule has 0 spiro atoms. The molecule has 0 radical (unpaired) electrons. The summed E-state index contributed by atoms with van der Waals surface area (Å²) in [6.07, 6.45) is 3.29. The fourth-order valence-corrected chi connectivity index (χ4v) is 2.73. The monoisotopic (exact) mass is 267 g/mol. The van der Waals surface area contributed by atoms with E-state index in [1.165, 1.54) is 18.4 Å². The van der Waals surface area contributed by atoms with Gasteiger partial charge in [0, 0.05) is 24.9 Å². The third-order valence-corrected chi connectivity index (χ3v) is 3.93. The van der Waals surface area contributed by atoms with Crippen LogP contribution in [0.2, 0.25) is 0 Å². The molecule has 18 heavy (non-hydrogen) atoms. The Bertz CT molecular complexity index is 292. The molecule has 0 saturated carbocycles. The van der Waals surface area contributed by atoms with E-state index in [1.807, 2.05) is 11.8 Å². The van der Waals surface area contributed by atoms with Crippen molar-refractivity contribution in [2.75, 3.05) is 24.7 Å². The van der Waals surface area contributed by atoms with Crippen molar-refractivity contribution in [2.45, 2.75) is 32.2 Å². The molecule has 0 aliphatic carbocycles. The lowest BCUT2D eigenvalue weighted by atomic mass is 10.0. The average Bonchev–Trinajstić information content (AvgIpc) is 2.42. The second kappa shape index (κ2) is 10.4. The molecule has 1 aromatic rings. The van der Waals surface area contributed by atoms with Crippen molar-refractivity contribution in [1.82, 2.24) is 5.32 Å². The Morgan fingerprint density at radius 1 is 1.22 bits per heavy atom. The van der Waals surface area contributed by atoms with Gasteiger partial charge in [0.2, 0.25) is 0 Å². The molecule has 0 aliphatic rings. The molecule has 0 aliphatic heterocycles. The van der Waals surface area contributed by atoms with Gasteiger partial charge < -0.3 is 10.4 Å². The first kappa shape index (κ1) is 15.5. The zero-order valence-electron chi connectivity index (χ0n) is 11.3. The zero-order chi connectivity index (χ0) is 13.1. The summed E-state index contributed by atoms with van der Waals surface area (Å²) in [5, 5.41) is 12.3. The molecule has 2 nitrogen and oxygen atoms in total. The van der Waals surface area contributed by atoms with Gasteiger partial charge in [0.1, 0.15) is 0 Å². The Kier molecular flexibility index (Phi) is 9.00. The van der Waals surface area contributed by atoms with Crippen LogP contribution in [0.4, 0.5) is 0 Å². The van der Waals surface area contributed by atoms with E-state index < -0.39 is 0 Å². The fourth-order valence-electron chi connectivity index (χ4n) is 1.93. The van der Waals surface area contributed by atoms with Crippen LogP contribution < -0.4 is 5.32 Å². The quantitative estimate of drug-likeness (QED) is 0.638. The van der Waals surface area contributed by atoms with Gasteiger partial charge in [-0.2, -0.15) is 11.8 Å². The highest BCUT2D eigenvalue weighted by Crippen LogP contribution is 2.17. The van der Waals surface area contributed by atoms with Crippen LogP contribution in [0.15, 0.2) is 30.3 Å². The van der Waals surface area contributed by atoms with Crippen LogP contribution in [0, 0.1) is 0 Å². The van der Waals surface area contributed by atoms with Gasteiger partial charge in [-0.3, -0.25) is 0 Å². The molecule has 1 aromatic carbocycles. The number of rotatable bonds is 10. The minimum absolute atomic E-state index is 0.308. The van der Waals surface area contributed by atoms with Crippen LogP contribution in [0.1, 0.15) is 37.8 Å². The Morgan fingerprint density at radius 2 is 2.00 bits per heavy atom. The molecular weight excluding hydrogens is 242 g/mol. The minimum Gasteiger partial charge on any atom is -0.396 e. The maximum atomic E-state index is 8.70. The number of aliphatic hydroxyl groups is 1.